The number of nitrogens with zero attached hydrogens (tertiary/aromatic N) is 6. The standard InChI is InChI=1S/C24H21F2N7O2/c25-20(26)21-28-17-3-1-2-4-18(17)33(21)24-30-22(29-23(31-24)32-8-11-34-12-9-32)27-14-15-5-6-19-16(13-15)7-10-35-19/h1-7,10,13,20H,8-9,11-12,14H2,(H,27,29,30,31). The molecule has 11 heteroatoms. The van der Waals surface area contributed by atoms with Crippen LogP contribution in [-0.4, -0.2) is 50.8 Å². The number of imidazole rings is 1. The predicted octanol–water partition coefficient (Wildman–Crippen LogP) is 4.34. The Hall–Kier alpha value is -4.12. The number of rotatable bonds is 6. The van der Waals surface area contributed by atoms with Gasteiger partial charge in [0.15, 0.2) is 5.82 Å². The largest absolute Gasteiger partial charge is 0.464 e. The second-order valence-corrected chi connectivity index (χ2v) is 8.10. The van der Waals surface area contributed by atoms with Crippen molar-refractivity contribution in [3.05, 3.63) is 66.2 Å². The summed E-state index contributed by atoms with van der Waals surface area (Å²) in [4.78, 5) is 19.7. The molecule has 1 saturated heterocycles. The highest BCUT2D eigenvalue weighted by atomic mass is 19.3. The molecule has 0 saturated carbocycles. The molecule has 1 aliphatic rings. The first-order valence-electron chi connectivity index (χ1n) is 11.2. The van der Waals surface area contributed by atoms with Gasteiger partial charge in [0.1, 0.15) is 5.58 Å². The van der Waals surface area contributed by atoms with Gasteiger partial charge in [-0.25, -0.2) is 13.8 Å². The van der Waals surface area contributed by atoms with E-state index in [9.17, 15) is 8.78 Å². The van der Waals surface area contributed by atoms with Crippen molar-refractivity contribution in [1.82, 2.24) is 24.5 Å². The van der Waals surface area contributed by atoms with Crippen LogP contribution in [0.5, 0.6) is 0 Å². The van der Waals surface area contributed by atoms with Crippen LogP contribution in [0.15, 0.2) is 59.2 Å². The van der Waals surface area contributed by atoms with Crippen molar-refractivity contribution in [2.75, 3.05) is 36.5 Å². The van der Waals surface area contributed by atoms with Crippen LogP contribution >= 0.6 is 0 Å². The lowest BCUT2D eigenvalue weighted by molar-refractivity contribution is 0.122. The molecule has 0 radical (unpaired) electrons. The summed E-state index contributed by atoms with van der Waals surface area (Å²) in [7, 11) is 0. The van der Waals surface area contributed by atoms with Crippen LogP contribution in [0.1, 0.15) is 17.8 Å². The number of furan rings is 1. The molecule has 0 amide bonds. The van der Waals surface area contributed by atoms with E-state index in [0.717, 1.165) is 16.5 Å². The molecule has 0 atom stereocenters. The number of benzene rings is 2. The molecule has 2 aromatic carbocycles. The van der Waals surface area contributed by atoms with E-state index >= 15 is 0 Å². The van der Waals surface area contributed by atoms with Crippen LogP contribution in [0, 0.1) is 0 Å². The first-order valence-corrected chi connectivity index (χ1v) is 11.2. The van der Waals surface area contributed by atoms with Crippen molar-refractivity contribution in [2.45, 2.75) is 13.0 Å². The highest BCUT2D eigenvalue weighted by Crippen LogP contribution is 2.28. The van der Waals surface area contributed by atoms with Gasteiger partial charge in [0.25, 0.3) is 6.43 Å². The highest BCUT2D eigenvalue weighted by molar-refractivity contribution is 5.78. The number of hydrogen-bond acceptors (Lipinski definition) is 8. The second kappa shape index (κ2) is 8.91. The van der Waals surface area contributed by atoms with E-state index in [1.165, 1.54) is 4.57 Å². The van der Waals surface area contributed by atoms with Crippen LogP contribution in [0.2, 0.25) is 0 Å². The van der Waals surface area contributed by atoms with Crippen molar-refractivity contribution in [3.8, 4) is 5.95 Å². The summed E-state index contributed by atoms with van der Waals surface area (Å²) < 4.78 is 40.1. The van der Waals surface area contributed by atoms with E-state index in [0.29, 0.717) is 49.8 Å². The predicted molar refractivity (Wildman–Crippen MR) is 126 cm³/mol. The minimum absolute atomic E-state index is 0.0817. The Kier molecular flexibility index (Phi) is 5.45. The molecule has 1 fully saturated rings. The van der Waals surface area contributed by atoms with E-state index in [-0.39, 0.29) is 11.9 Å². The molecular weight excluding hydrogens is 456 g/mol. The molecule has 1 N–H and O–H groups in total. The lowest BCUT2D eigenvalue weighted by Gasteiger charge is -2.27. The Balaban J connectivity index is 1.41. The molecule has 4 heterocycles. The number of hydrogen-bond donors (Lipinski definition) is 1. The third kappa shape index (κ3) is 4.14. The second-order valence-electron chi connectivity index (χ2n) is 8.10. The SMILES string of the molecule is FC(F)c1nc2ccccc2n1-c1nc(NCc2ccc3occc3c2)nc(N2CCOCC2)n1. The Labute approximate surface area is 198 Å². The van der Waals surface area contributed by atoms with E-state index in [4.69, 9.17) is 9.15 Å². The van der Waals surface area contributed by atoms with Crippen molar-refractivity contribution < 1.29 is 17.9 Å². The Morgan fingerprint density at radius 2 is 1.77 bits per heavy atom. The van der Waals surface area contributed by atoms with Crippen LogP contribution in [0.25, 0.3) is 28.0 Å². The molecule has 0 unspecified atom stereocenters. The average molecular weight is 477 g/mol. The summed E-state index contributed by atoms with van der Waals surface area (Å²) in [6, 6.07) is 14.7. The van der Waals surface area contributed by atoms with Crippen molar-refractivity contribution in [2.24, 2.45) is 0 Å². The number of aromatic nitrogens is 5. The lowest BCUT2D eigenvalue weighted by atomic mass is 10.1. The molecule has 9 nitrogen and oxygen atoms in total. The quantitative estimate of drug-likeness (QED) is 0.386. The van der Waals surface area contributed by atoms with Crippen molar-refractivity contribution >= 4 is 33.9 Å². The first-order chi connectivity index (χ1) is 17.2. The molecular formula is C24H21F2N7O2. The lowest BCUT2D eigenvalue weighted by Crippen LogP contribution is -2.37. The summed E-state index contributed by atoms with van der Waals surface area (Å²) in [6.45, 7) is 2.67. The van der Waals surface area contributed by atoms with E-state index in [1.807, 2.05) is 29.2 Å². The van der Waals surface area contributed by atoms with E-state index in [2.05, 4.69) is 25.3 Å². The topological polar surface area (TPSA) is 94.1 Å². The highest BCUT2D eigenvalue weighted by Gasteiger charge is 2.24. The Morgan fingerprint density at radius 3 is 2.63 bits per heavy atom. The smallest absolute Gasteiger partial charge is 0.296 e. The first kappa shape index (κ1) is 21.4. The third-order valence-corrected chi connectivity index (χ3v) is 5.86. The fourth-order valence-electron chi connectivity index (χ4n) is 4.15. The number of halogens is 2. The number of fused-ring (bicyclic) bond motifs is 2. The molecule has 0 spiro atoms. The molecule has 178 valence electrons. The van der Waals surface area contributed by atoms with Gasteiger partial charge in [-0.2, -0.15) is 15.0 Å². The number of morpholine rings is 1. The van der Waals surface area contributed by atoms with Gasteiger partial charge in [-0.15, -0.1) is 0 Å². The number of anilines is 2. The van der Waals surface area contributed by atoms with Gasteiger partial charge < -0.3 is 19.4 Å². The Bertz CT molecular complexity index is 1490. The zero-order valence-corrected chi connectivity index (χ0v) is 18.6. The number of alkyl halides is 2. The maximum Gasteiger partial charge on any atom is 0.296 e. The van der Waals surface area contributed by atoms with E-state index < -0.39 is 12.2 Å². The van der Waals surface area contributed by atoms with Gasteiger partial charge in [-0.3, -0.25) is 4.57 Å². The van der Waals surface area contributed by atoms with Gasteiger partial charge in [0, 0.05) is 25.0 Å². The van der Waals surface area contributed by atoms with Gasteiger partial charge in [-0.05, 0) is 35.9 Å². The minimum Gasteiger partial charge on any atom is -0.464 e. The number of nitrogens with one attached hydrogen (secondary N) is 1. The molecule has 0 aliphatic carbocycles. The summed E-state index contributed by atoms with van der Waals surface area (Å²) in [6.07, 6.45) is -1.16. The van der Waals surface area contributed by atoms with Crippen molar-refractivity contribution in [1.29, 1.82) is 0 Å². The summed E-state index contributed by atoms with van der Waals surface area (Å²) >= 11 is 0. The fourth-order valence-corrected chi connectivity index (χ4v) is 4.15. The number of para-hydroxylation sites is 2. The van der Waals surface area contributed by atoms with Gasteiger partial charge in [0.2, 0.25) is 17.8 Å². The van der Waals surface area contributed by atoms with Gasteiger partial charge in [0.05, 0.1) is 30.5 Å². The molecule has 1 aliphatic heterocycles. The van der Waals surface area contributed by atoms with Gasteiger partial charge >= 0.3 is 0 Å². The molecule has 3 aromatic heterocycles. The fraction of sp³-hybridized carbons (Fsp3) is 0.250. The molecule has 6 rings (SSSR count). The monoisotopic (exact) mass is 477 g/mol. The zero-order chi connectivity index (χ0) is 23.8. The maximum atomic E-state index is 14.0. The average Bonchev–Trinajstić information content (AvgIpc) is 3.52. The van der Waals surface area contributed by atoms with Crippen LogP contribution < -0.4 is 10.2 Å². The summed E-state index contributed by atoms with van der Waals surface area (Å²) in [5, 5.41) is 4.21. The zero-order valence-electron chi connectivity index (χ0n) is 18.6. The molecule has 5 aromatic rings. The normalized spacial score (nSPS) is 14.3. The Morgan fingerprint density at radius 1 is 0.943 bits per heavy atom. The van der Waals surface area contributed by atoms with Crippen LogP contribution in [-0.2, 0) is 11.3 Å². The van der Waals surface area contributed by atoms with Crippen LogP contribution in [0.4, 0.5) is 20.7 Å². The maximum absolute atomic E-state index is 14.0. The number of ether oxygens (including phenoxy) is 1. The van der Waals surface area contributed by atoms with Crippen LogP contribution in [0.3, 0.4) is 0 Å². The molecule has 35 heavy (non-hydrogen) atoms. The summed E-state index contributed by atoms with van der Waals surface area (Å²) in [5.74, 6) is 0.339. The minimum atomic E-state index is -2.80. The third-order valence-electron chi connectivity index (χ3n) is 5.86. The van der Waals surface area contributed by atoms with E-state index in [1.54, 1.807) is 30.5 Å². The summed E-state index contributed by atoms with van der Waals surface area (Å²) in [5.41, 5.74) is 2.74. The molecule has 0 bridgehead atoms. The van der Waals surface area contributed by atoms with Gasteiger partial charge in [-0.1, -0.05) is 18.2 Å². The van der Waals surface area contributed by atoms with Crippen molar-refractivity contribution in [3.63, 3.8) is 0 Å².